The summed E-state index contributed by atoms with van der Waals surface area (Å²) in [6.07, 6.45) is 0. The van der Waals surface area contributed by atoms with Gasteiger partial charge in [-0.05, 0) is 19.9 Å². The third-order valence-corrected chi connectivity index (χ3v) is 1.78. The van der Waals surface area contributed by atoms with E-state index in [1.54, 1.807) is 6.92 Å². The molecule has 0 unspecified atom stereocenters. The number of carbonyl (C=O) groups excluding carboxylic acids is 1. The lowest BCUT2D eigenvalue weighted by molar-refractivity contribution is 0.101. The molecule has 4 heteroatoms. The maximum absolute atomic E-state index is 13.2. The van der Waals surface area contributed by atoms with E-state index in [0.717, 1.165) is 6.07 Å². The van der Waals surface area contributed by atoms with Crippen LogP contribution in [-0.2, 0) is 0 Å². The molecule has 3 nitrogen and oxygen atoms in total. The van der Waals surface area contributed by atoms with Crippen LogP contribution in [0, 0.1) is 5.82 Å². The van der Waals surface area contributed by atoms with Crippen LogP contribution in [0.25, 0.3) is 0 Å². The number of rotatable bonds is 3. The van der Waals surface area contributed by atoms with Crippen LogP contribution in [0.15, 0.2) is 12.1 Å². The van der Waals surface area contributed by atoms with Crippen molar-refractivity contribution in [2.24, 2.45) is 0 Å². The minimum absolute atomic E-state index is 0.0619. The van der Waals surface area contributed by atoms with Gasteiger partial charge in [-0.25, -0.2) is 4.39 Å². The third-order valence-electron chi connectivity index (χ3n) is 1.78. The molecule has 0 aliphatic rings. The fraction of sp³-hybridized carbons (Fsp3) is 0.300. The number of benzene rings is 1. The predicted octanol–water partition coefficient (Wildman–Crippen LogP) is 2.01. The first kappa shape index (κ1) is 10.5. The number of hydrogen-bond donors (Lipinski definition) is 1. The second-order valence-corrected chi connectivity index (χ2v) is 2.86. The van der Waals surface area contributed by atoms with Gasteiger partial charge in [0.05, 0.1) is 6.61 Å². The fourth-order valence-electron chi connectivity index (χ4n) is 1.14. The highest BCUT2D eigenvalue weighted by molar-refractivity contribution is 5.99. The van der Waals surface area contributed by atoms with Crippen LogP contribution in [0.3, 0.4) is 0 Å². The van der Waals surface area contributed by atoms with Crippen LogP contribution in [-0.4, -0.2) is 12.4 Å². The summed E-state index contributed by atoms with van der Waals surface area (Å²) < 4.78 is 18.2. The minimum Gasteiger partial charge on any atom is -0.491 e. The van der Waals surface area contributed by atoms with Crippen LogP contribution in [0.5, 0.6) is 5.75 Å². The van der Waals surface area contributed by atoms with E-state index < -0.39 is 5.82 Å². The van der Waals surface area contributed by atoms with Crippen molar-refractivity contribution < 1.29 is 13.9 Å². The van der Waals surface area contributed by atoms with Crippen LogP contribution < -0.4 is 10.5 Å². The smallest absolute Gasteiger partial charge is 0.167 e. The molecule has 0 aliphatic heterocycles. The highest BCUT2D eigenvalue weighted by atomic mass is 19.1. The van der Waals surface area contributed by atoms with E-state index >= 15 is 0 Å². The van der Waals surface area contributed by atoms with Gasteiger partial charge in [-0.1, -0.05) is 0 Å². The van der Waals surface area contributed by atoms with Crippen molar-refractivity contribution in [1.82, 2.24) is 0 Å². The van der Waals surface area contributed by atoms with Crippen LogP contribution in [0.4, 0.5) is 10.1 Å². The minimum atomic E-state index is -0.547. The molecule has 0 amide bonds. The largest absolute Gasteiger partial charge is 0.491 e. The van der Waals surface area contributed by atoms with Crippen LogP contribution in [0.1, 0.15) is 24.2 Å². The molecule has 1 aromatic carbocycles. The highest BCUT2D eigenvalue weighted by Crippen LogP contribution is 2.24. The normalized spacial score (nSPS) is 9.93. The zero-order valence-electron chi connectivity index (χ0n) is 8.13. The second-order valence-electron chi connectivity index (χ2n) is 2.86. The molecule has 0 heterocycles. The van der Waals surface area contributed by atoms with Crippen molar-refractivity contribution in [3.05, 3.63) is 23.5 Å². The Kier molecular flexibility index (Phi) is 3.06. The van der Waals surface area contributed by atoms with Crippen LogP contribution in [0.2, 0.25) is 0 Å². The third kappa shape index (κ3) is 2.02. The van der Waals surface area contributed by atoms with Crippen molar-refractivity contribution in [2.45, 2.75) is 13.8 Å². The van der Waals surface area contributed by atoms with E-state index in [9.17, 15) is 9.18 Å². The summed E-state index contributed by atoms with van der Waals surface area (Å²) in [7, 11) is 0. The Labute approximate surface area is 81.7 Å². The van der Waals surface area contributed by atoms with Crippen molar-refractivity contribution >= 4 is 11.5 Å². The zero-order valence-corrected chi connectivity index (χ0v) is 8.13. The molecular formula is C10H12FNO2. The number of nitrogen functional groups attached to an aromatic ring is 1. The fourth-order valence-corrected chi connectivity index (χ4v) is 1.14. The van der Waals surface area contributed by atoms with Gasteiger partial charge in [0.2, 0.25) is 0 Å². The summed E-state index contributed by atoms with van der Waals surface area (Å²) in [4.78, 5) is 11.1. The van der Waals surface area contributed by atoms with E-state index in [-0.39, 0.29) is 22.8 Å². The average Bonchev–Trinajstić information content (AvgIpc) is 2.09. The van der Waals surface area contributed by atoms with E-state index in [2.05, 4.69) is 0 Å². The number of hydrogen-bond acceptors (Lipinski definition) is 3. The SMILES string of the molecule is CCOc1cc(C(C)=O)c(N)cc1F. The molecule has 0 aromatic heterocycles. The molecule has 0 fully saturated rings. The number of ketones is 1. The maximum Gasteiger partial charge on any atom is 0.167 e. The Morgan fingerprint density at radius 1 is 1.57 bits per heavy atom. The molecule has 14 heavy (non-hydrogen) atoms. The molecule has 0 atom stereocenters. The molecule has 1 aromatic rings. The summed E-state index contributed by atoms with van der Waals surface area (Å²) in [5.74, 6) is -0.690. The lowest BCUT2D eigenvalue weighted by Gasteiger charge is -2.08. The van der Waals surface area contributed by atoms with Gasteiger partial charge in [0.1, 0.15) is 0 Å². The molecule has 0 aliphatic carbocycles. The summed E-state index contributed by atoms with van der Waals surface area (Å²) in [6.45, 7) is 3.46. The number of carbonyl (C=O) groups is 1. The number of halogens is 1. The molecule has 0 radical (unpaired) electrons. The van der Waals surface area contributed by atoms with Crippen molar-refractivity contribution in [1.29, 1.82) is 0 Å². The van der Waals surface area contributed by atoms with Gasteiger partial charge in [0.25, 0.3) is 0 Å². The van der Waals surface area contributed by atoms with Crippen molar-refractivity contribution in [3.8, 4) is 5.75 Å². The van der Waals surface area contributed by atoms with E-state index in [1.807, 2.05) is 0 Å². The quantitative estimate of drug-likeness (QED) is 0.595. The number of nitrogens with two attached hydrogens (primary N) is 1. The van der Waals surface area contributed by atoms with Crippen molar-refractivity contribution in [2.75, 3.05) is 12.3 Å². The monoisotopic (exact) mass is 197 g/mol. The lowest BCUT2D eigenvalue weighted by Crippen LogP contribution is -2.03. The van der Waals surface area contributed by atoms with Gasteiger partial charge in [-0.3, -0.25) is 4.79 Å². The topological polar surface area (TPSA) is 52.3 Å². The Bertz CT molecular complexity index is 363. The molecule has 0 saturated carbocycles. The number of Topliss-reactive ketones (excluding diaryl/α,β-unsaturated/α-hetero) is 1. The number of ether oxygens (including phenoxy) is 1. The molecule has 2 N–H and O–H groups in total. The Morgan fingerprint density at radius 2 is 2.21 bits per heavy atom. The molecule has 0 bridgehead atoms. The molecule has 1 rings (SSSR count). The van der Waals surface area contributed by atoms with E-state index in [4.69, 9.17) is 10.5 Å². The van der Waals surface area contributed by atoms with Gasteiger partial charge in [-0.15, -0.1) is 0 Å². The lowest BCUT2D eigenvalue weighted by atomic mass is 10.1. The van der Waals surface area contributed by atoms with Crippen molar-refractivity contribution in [3.63, 3.8) is 0 Å². The van der Waals surface area contributed by atoms with E-state index in [0.29, 0.717) is 6.61 Å². The highest BCUT2D eigenvalue weighted by Gasteiger charge is 2.11. The van der Waals surface area contributed by atoms with Crippen LogP contribution >= 0.6 is 0 Å². The Hall–Kier alpha value is -1.58. The first-order valence-electron chi connectivity index (χ1n) is 4.29. The Balaban J connectivity index is 3.20. The standard InChI is InChI=1S/C10H12FNO2/c1-3-14-10-4-7(6(2)13)9(12)5-8(10)11/h4-5H,3,12H2,1-2H3. The first-order valence-corrected chi connectivity index (χ1v) is 4.29. The van der Waals surface area contributed by atoms with Gasteiger partial charge >= 0.3 is 0 Å². The second kappa shape index (κ2) is 4.09. The Morgan fingerprint density at radius 3 is 2.71 bits per heavy atom. The summed E-state index contributed by atoms with van der Waals surface area (Å²) in [5.41, 5.74) is 5.90. The molecular weight excluding hydrogens is 185 g/mol. The first-order chi connectivity index (χ1) is 6.56. The average molecular weight is 197 g/mol. The summed E-state index contributed by atoms with van der Waals surface area (Å²) in [5, 5.41) is 0. The van der Waals surface area contributed by atoms with Gasteiger partial charge in [0.15, 0.2) is 17.3 Å². The van der Waals surface area contributed by atoms with E-state index in [1.165, 1.54) is 13.0 Å². The van der Waals surface area contributed by atoms with Gasteiger partial charge in [0, 0.05) is 17.3 Å². The predicted molar refractivity (Wildman–Crippen MR) is 52.0 cm³/mol. The maximum atomic E-state index is 13.2. The molecule has 0 spiro atoms. The molecule has 0 saturated heterocycles. The number of anilines is 1. The zero-order chi connectivity index (χ0) is 10.7. The summed E-state index contributed by atoms with van der Waals surface area (Å²) in [6, 6.07) is 2.43. The van der Waals surface area contributed by atoms with Gasteiger partial charge < -0.3 is 10.5 Å². The summed E-state index contributed by atoms with van der Waals surface area (Å²) >= 11 is 0. The van der Waals surface area contributed by atoms with Gasteiger partial charge in [-0.2, -0.15) is 0 Å². The molecule has 76 valence electrons.